The highest BCUT2D eigenvalue weighted by Gasteiger charge is 2.11. The maximum Gasteiger partial charge on any atom is 0.307 e. The minimum atomic E-state index is -0.125. The van der Waals surface area contributed by atoms with Gasteiger partial charge in [-0.05, 0) is 18.9 Å². The van der Waals surface area contributed by atoms with Crippen LogP contribution in [-0.2, 0) is 9.53 Å². The van der Waals surface area contributed by atoms with Crippen LogP contribution in [0.3, 0.4) is 0 Å². The molecule has 1 aromatic rings. The second-order valence-corrected chi connectivity index (χ2v) is 4.97. The van der Waals surface area contributed by atoms with Crippen LogP contribution in [0.2, 0.25) is 0 Å². The third kappa shape index (κ3) is 6.71. The first kappa shape index (κ1) is 16.7. The number of esters is 1. The Morgan fingerprint density at radius 1 is 1.20 bits per heavy atom. The highest BCUT2D eigenvalue weighted by molar-refractivity contribution is 5.69. The van der Waals surface area contributed by atoms with Crippen molar-refractivity contribution >= 4 is 5.97 Å². The topological polar surface area (TPSA) is 38.3 Å². The summed E-state index contributed by atoms with van der Waals surface area (Å²) in [5.74, 6) is -0.125. The molecule has 3 nitrogen and oxygen atoms in total. The minimum Gasteiger partial charge on any atom is -0.466 e. The Hall–Kier alpha value is -1.35. The number of carbonyl (C=O) groups excluding carboxylic acids is 1. The van der Waals surface area contributed by atoms with E-state index in [0.29, 0.717) is 25.6 Å². The molecule has 112 valence electrons. The number of hydrogen-bond donors (Lipinski definition) is 1. The molecule has 1 aromatic carbocycles. The van der Waals surface area contributed by atoms with Crippen LogP contribution in [-0.4, -0.2) is 19.1 Å². The van der Waals surface area contributed by atoms with Crippen LogP contribution in [0.25, 0.3) is 0 Å². The van der Waals surface area contributed by atoms with Crippen LogP contribution < -0.4 is 5.32 Å². The summed E-state index contributed by atoms with van der Waals surface area (Å²) in [7, 11) is 0. The lowest BCUT2D eigenvalue weighted by Gasteiger charge is -2.19. The Kier molecular flexibility index (Phi) is 8.72. The summed E-state index contributed by atoms with van der Waals surface area (Å²) in [5.41, 5.74) is 1.30. The van der Waals surface area contributed by atoms with E-state index < -0.39 is 0 Å². The molecule has 0 amide bonds. The summed E-state index contributed by atoms with van der Waals surface area (Å²) in [6.07, 6.45) is 5.24. The number of unbranched alkanes of at least 4 members (excludes halogenated alkanes) is 2. The normalized spacial score (nSPS) is 12.1. The van der Waals surface area contributed by atoms with Gasteiger partial charge in [0.1, 0.15) is 0 Å². The van der Waals surface area contributed by atoms with Gasteiger partial charge in [0.05, 0.1) is 13.0 Å². The minimum absolute atomic E-state index is 0.125. The van der Waals surface area contributed by atoms with E-state index in [4.69, 9.17) is 4.74 Å². The SMILES string of the molecule is CCCCCC(NCCC(=O)OCC)c1ccccc1. The number of benzene rings is 1. The summed E-state index contributed by atoms with van der Waals surface area (Å²) in [6.45, 7) is 5.18. The van der Waals surface area contributed by atoms with Gasteiger partial charge in [0.25, 0.3) is 0 Å². The van der Waals surface area contributed by atoms with E-state index in [2.05, 4.69) is 36.5 Å². The summed E-state index contributed by atoms with van der Waals surface area (Å²) in [6, 6.07) is 10.8. The van der Waals surface area contributed by atoms with Crippen molar-refractivity contribution in [3.05, 3.63) is 35.9 Å². The van der Waals surface area contributed by atoms with Gasteiger partial charge in [-0.1, -0.05) is 56.5 Å². The zero-order chi connectivity index (χ0) is 14.6. The summed E-state index contributed by atoms with van der Waals surface area (Å²) < 4.78 is 4.95. The van der Waals surface area contributed by atoms with E-state index in [-0.39, 0.29) is 5.97 Å². The average Bonchev–Trinajstić information content (AvgIpc) is 2.47. The second kappa shape index (κ2) is 10.4. The fourth-order valence-corrected chi connectivity index (χ4v) is 2.25. The Bertz CT molecular complexity index is 365. The van der Waals surface area contributed by atoms with Gasteiger partial charge in [0, 0.05) is 12.6 Å². The van der Waals surface area contributed by atoms with Crippen molar-refractivity contribution in [2.75, 3.05) is 13.2 Å². The fraction of sp³-hybridized carbons (Fsp3) is 0.588. The number of ether oxygens (including phenoxy) is 1. The van der Waals surface area contributed by atoms with Crippen molar-refractivity contribution in [1.29, 1.82) is 0 Å². The monoisotopic (exact) mass is 277 g/mol. The lowest BCUT2D eigenvalue weighted by atomic mass is 10.0. The maximum absolute atomic E-state index is 11.4. The number of carbonyl (C=O) groups is 1. The highest BCUT2D eigenvalue weighted by Crippen LogP contribution is 2.19. The first-order valence-corrected chi connectivity index (χ1v) is 7.71. The van der Waals surface area contributed by atoms with Gasteiger partial charge in [-0.15, -0.1) is 0 Å². The zero-order valence-electron chi connectivity index (χ0n) is 12.7. The molecule has 0 aliphatic heterocycles. The molecular weight excluding hydrogens is 250 g/mol. The quantitative estimate of drug-likeness (QED) is 0.521. The number of nitrogens with one attached hydrogen (secondary N) is 1. The van der Waals surface area contributed by atoms with Crippen LogP contribution in [0.4, 0.5) is 0 Å². The smallest absolute Gasteiger partial charge is 0.307 e. The third-order valence-corrected chi connectivity index (χ3v) is 3.32. The van der Waals surface area contributed by atoms with Crippen LogP contribution in [0.5, 0.6) is 0 Å². The van der Waals surface area contributed by atoms with E-state index in [0.717, 1.165) is 6.42 Å². The lowest BCUT2D eigenvalue weighted by molar-refractivity contribution is -0.143. The lowest BCUT2D eigenvalue weighted by Crippen LogP contribution is -2.24. The molecule has 0 saturated heterocycles. The van der Waals surface area contributed by atoms with Crippen LogP contribution in [0.15, 0.2) is 30.3 Å². The van der Waals surface area contributed by atoms with Gasteiger partial charge >= 0.3 is 5.97 Å². The van der Waals surface area contributed by atoms with Crippen LogP contribution in [0, 0.1) is 0 Å². The van der Waals surface area contributed by atoms with Crippen molar-refractivity contribution in [3.63, 3.8) is 0 Å². The molecule has 0 spiro atoms. The molecule has 1 N–H and O–H groups in total. The van der Waals surface area contributed by atoms with Gasteiger partial charge in [-0.2, -0.15) is 0 Å². The average molecular weight is 277 g/mol. The molecule has 0 aliphatic rings. The van der Waals surface area contributed by atoms with Gasteiger partial charge < -0.3 is 10.1 Å². The molecule has 1 atom stereocenters. The molecule has 0 fully saturated rings. The van der Waals surface area contributed by atoms with Crippen LogP contribution >= 0.6 is 0 Å². The van der Waals surface area contributed by atoms with Crippen molar-refractivity contribution in [3.8, 4) is 0 Å². The van der Waals surface area contributed by atoms with Crippen molar-refractivity contribution in [1.82, 2.24) is 5.32 Å². The molecule has 20 heavy (non-hydrogen) atoms. The first-order chi connectivity index (χ1) is 9.77. The zero-order valence-corrected chi connectivity index (χ0v) is 12.7. The molecule has 0 bridgehead atoms. The predicted molar refractivity (Wildman–Crippen MR) is 82.6 cm³/mol. The fourth-order valence-electron chi connectivity index (χ4n) is 2.25. The molecule has 0 aromatic heterocycles. The molecule has 1 rings (SSSR count). The summed E-state index contributed by atoms with van der Waals surface area (Å²) >= 11 is 0. The second-order valence-electron chi connectivity index (χ2n) is 4.97. The summed E-state index contributed by atoms with van der Waals surface area (Å²) in [4.78, 5) is 11.4. The largest absolute Gasteiger partial charge is 0.466 e. The van der Waals surface area contributed by atoms with Crippen molar-refractivity contribution in [2.45, 2.75) is 52.0 Å². The molecule has 0 radical (unpaired) electrons. The molecular formula is C17H27NO2. The molecule has 3 heteroatoms. The van der Waals surface area contributed by atoms with Gasteiger partial charge in [0.2, 0.25) is 0 Å². The number of rotatable bonds is 10. The third-order valence-electron chi connectivity index (χ3n) is 3.32. The molecule has 0 saturated carbocycles. The Morgan fingerprint density at radius 3 is 2.60 bits per heavy atom. The van der Waals surface area contributed by atoms with E-state index in [9.17, 15) is 4.79 Å². The van der Waals surface area contributed by atoms with E-state index in [1.54, 1.807) is 0 Å². The summed E-state index contributed by atoms with van der Waals surface area (Å²) in [5, 5.41) is 3.48. The Balaban J connectivity index is 2.44. The van der Waals surface area contributed by atoms with Gasteiger partial charge in [0.15, 0.2) is 0 Å². The van der Waals surface area contributed by atoms with E-state index in [1.807, 2.05) is 13.0 Å². The highest BCUT2D eigenvalue weighted by atomic mass is 16.5. The van der Waals surface area contributed by atoms with Crippen LogP contribution in [0.1, 0.15) is 57.6 Å². The predicted octanol–water partition coefficient (Wildman–Crippen LogP) is 3.85. The number of hydrogen-bond acceptors (Lipinski definition) is 3. The van der Waals surface area contributed by atoms with E-state index >= 15 is 0 Å². The van der Waals surface area contributed by atoms with E-state index in [1.165, 1.54) is 24.8 Å². The maximum atomic E-state index is 11.4. The van der Waals surface area contributed by atoms with Crippen molar-refractivity contribution in [2.24, 2.45) is 0 Å². The first-order valence-electron chi connectivity index (χ1n) is 7.71. The Labute approximate surface area is 122 Å². The Morgan fingerprint density at radius 2 is 1.95 bits per heavy atom. The molecule has 0 aliphatic carbocycles. The molecule has 1 unspecified atom stereocenters. The molecule has 0 heterocycles. The standard InChI is InChI=1S/C17H27NO2/c1-3-5-7-12-16(15-10-8-6-9-11-15)18-14-13-17(19)20-4-2/h6,8-11,16,18H,3-5,7,12-14H2,1-2H3. The van der Waals surface area contributed by atoms with Gasteiger partial charge in [-0.3, -0.25) is 4.79 Å². The van der Waals surface area contributed by atoms with Crippen molar-refractivity contribution < 1.29 is 9.53 Å². The van der Waals surface area contributed by atoms with Gasteiger partial charge in [-0.25, -0.2) is 0 Å².